The van der Waals surface area contributed by atoms with E-state index in [1.807, 2.05) is 12.1 Å². The minimum Gasteiger partial charge on any atom is -0.358 e. The molecule has 0 atom stereocenters. The Morgan fingerprint density at radius 2 is 0.621 bits per heavy atom. The molecule has 11 heteroatoms. The van der Waals surface area contributed by atoms with E-state index in [9.17, 15) is 14.0 Å². The van der Waals surface area contributed by atoms with E-state index in [2.05, 4.69) is 188 Å². The van der Waals surface area contributed by atoms with Crippen molar-refractivity contribution in [3.05, 3.63) is 246 Å². The van der Waals surface area contributed by atoms with Crippen molar-refractivity contribution in [1.82, 2.24) is 0 Å². The van der Waals surface area contributed by atoms with Crippen LogP contribution in [-0.2, 0) is 48.8 Å². The van der Waals surface area contributed by atoms with Gasteiger partial charge in [0.15, 0.2) is 0 Å². The third-order valence-corrected chi connectivity index (χ3v) is 22.5. The number of benzene rings is 7. The fourth-order valence-corrected chi connectivity index (χ4v) is 16.4. The van der Waals surface area contributed by atoms with Crippen LogP contribution in [-0.4, -0.2) is 0 Å². The second kappa shape index (κ2) is 22.9. The van der Waals surface area contributed by atoms with Gasteiger partial charge < -0.3 is 7.43 Å². The van der Waals surface area contributed by atoms with Gasteiger partial charge >= 0.3 is 253 Å². The summed E-state index contributed by atoms with van der Waals surface area (Å²) in [7, 11) is -5.10. The van der Waals surface area contributed by atoms with E-state index in [4.69, 9.17) is 4.08 Å². The predicted molar refractivity (Wildman–Crippen MR) is 246 cm³/mol. The van der Waals surface area contributed by atoms with Crippen LogP contribution < -0.4 is 51.1 Å². The average Bonchev–Trinajstić information content (AvgIpc) is 3.20. The smallest absolute Gasteiger partial charge is 0.0134 e. The molecule has 0 amide bonds. The van der Waals surface area contributed by atoms with Crippen LogP contribution in [0.5, 0.6) is 0 Å². The molecule has 311 valence electrons. The molecule has 0 bridgehead atoms. The number of hydrogen-bond donors (Lipinski definition) is 0. The zero-order valence-electron chi connectivity index (χ0n) is 31.9. The van der Waals surface area contributed by atoms with Gasteiger partial charge in [-0.1, -0.05) is 91.0 Å². The summed E-state index contributed by atoms with van der Waals surface area (Å²) in [6.07, 6.45) is 0. The van der Waals surface area contributed by atoms with E-state index < -0.39 is 29.2 Å². The molecule has 58 heavy (non-hydrogen) atoms. The molecule has 0 saturated heterocycles. The minimum atomic E-state index is -4.66. The van der Waals surface area contributed by atoms with E-state index in [0.29, 0.717) is 10.6 Å². The van der Waals surface area contributed by atoms with Gasteiger partial charge in [-0.05, 0) is 23.8 Å². The van der Waals surface area contributed by atoms with Crippen molar-refractivity contribution >= 4 is 78.2 Å². The van der Waals surface area contributed by atoms with Gasteiger partial charge in [-0.15, -0.1) is 0 Å². The van der Waals surface area contributed by atoms with Crippen molar-refractivity contribution in [2.24, 2.45) is 0 Å². The quantitative estimate of drug-likeness (QED) is 0.0646. The summed E-state index contributed by atoms with van der Waals surface area (Å²) >= 11 is 2.45. The van der Waals surface area contributed by atoms with E-state index in [0.717, 1.165) is 0 Å². The molecule has 0 unspecified atom stereocenters. The van der Waals surface area contributed by atoms with Crippen LogP contribution in [0.15, 0.2) is 212 Å². The van der Waals surface area contributed by atoms with Crippen LogP contribution in [0.4, 0.5) is 0 Å². The molecule has 0 N–H and O–H groups in total. The van der Waals surface area contributed by atoms with Crippen LogP contribution >= 0.6 is 41.0 Å². The molecule has 0 aliphatic rings. The van der Waals surface area contributed by atoms with Crippen LogP contribution in [0.2, 0.25) is 0 Å². The molecule has 0 aromatic heterocycles. The maximum Gasteiger partial charge on any atom is -0.0134 e. The number of rotatable bonds is 9. The molecule has 1 radical (unpaired) electrons. The minimum absolute atomic E-state index is 0. The van der Waals surface area contributed by atoms with Gasteiger partial charge in [-0.25, -0.2) is 0 Å². The molecule has 7 aromatic rings. The zero-order valence-corrected chi connectivity index (χ0v) is 41.8. The van der Waals surface area contributed by atoms with Crippen molar-refractivity contribution in [3.63, 3.8) is 0 Å². The topological polar surface area (TPSA) is 78.4 Å². The Kier molecular flexibility index (Phi) is 20.6. The standard InChI is InChI=1S/C18H15P.C14H14ClO4P.C14H14IP.CH3.2Au/c1-4-10-16(11-5-1)19(17-12-6-2-7-13-17)18-14-8-3-9-15-18;1-20(2,19-15(16,17)18,13-9-5-3-6-10-13)14-11-7-4-8-12-14;1-16(2,15,13-9-5-3-6-10-13)14-11-7-4-8-12-14;;;/h1-15H;3-12H,1-2H2;3-12H,1-2H2;1H3;;/q;2*-2;-1;;+3. The Morgan fingerprint density at radius 3 is 0.845 bits per heavy atom. The summed E-state index contributed by atoms with van der Waals surface area (Å²) in [5, 5.41) is 7.63. The SMILES string of the molecule is [Au+3].[Au].[CH2-]P([CH2-])(I)(c1ccccc1)c1ccccc1.[CH2-]P([CH2-])(O[Cl+3]([O-])([O-])[O-])(c1ccccc1)c1ccccc1.[CH3-].c1ccc(P(c2ccccc2)c2ccccc2)cc1. The van der Waals surface area contributed by atoms with E-state index >= 15 is 0 Å². The third-order valence-electron chi connectivity index (χ3n) is 8.70. The van der Waals surface area contributed by atoms with Crippen LogP contribution in [0.25, 0.3) is 0 Å². The first kappa shape index (κ1) is 52.3. The summed E-state index contributed by atoms with van der Waals surface area (Å²) in [5.74, 6) is 0. The molecule has 0 fully saturated rings. The van der Waals surface area contributed by atoms with E-state index in [1.165, 1.54) is 26.5 Å². The van der Waals surface area contributed by atoms with Crippen molar-refractivity contribution in [3.8, 4) is 0 Å². The molecule has 4 nitrogen and oxygen atoms in total. The van der Waals surface area contributed by atoms with Crippen LogP contribution in [0, 0.1) is 44.3 Å². The first-order valence-corrected chi connectivity index (χ1v) is 27.7. The summed E-state index contributed by atoms with van der Waals surface area (Å²) < 4.78 is 35.9. The van der Waals surface area contributed by atoms with E-state index in [-0.39, 0.29) is 52.2 Å². The van der Waals surface area contributed by atoms with Crippen molar-refractivity contribution in [2.75, 3.05) is 0 Å². The molecule has 0 aliphatic carbocycles. The summed E-state index contributed by atoms with van der Waals surface area (Å²) in [4.78, 5) is 0. The molecule has 0 spiro atoms. The average molecular weight is 1320 g/mol. The van der Waals surface area contributed by atoms with E-state index in [1.54, 1.807) is 60.7 Å². The van der Waals surface area contributed by atoms with Crippen molar-refractivity contribution in [2.45, 2.75) is 0 Å². The molecule has 7 rings (SSSR count). The molecular weight excluding hydrogens is 1280 g/mol. The molecule has 0 saturated carbocycles. The summed E-state index contributed by atoms with van der Waals surface area (Å²) in [5.41, 5.74) is 0. The Balaban J connectivity index is 0.000000294. The van der Waals surface area contributed by atoms with Gasteiger partial charge in [0.05, 0.1) is 0 Å². The zero-order chi connectivity index (χ0) is 39.5. The number of hydrogen-bond acceptors (Lipinski definition) is 4. The van der Waals surface area contributed by atoms with Crippen molar-refractivity contribution in [1.29, 1.82) is 0 Å². The Bertz CT molecular complexity index is 2020. The Hall–Kier alpha value is -1.83. The molecule has 7 aromatic carbocycles. The van der Waals surface area contributed by atoms with Crippen molar-refractivity contribution < 1.29 is 73.1 Å². The van der Waals surface area contributed by atoms with Gasteiger partial charge in [0.25, 0.3) is 0 Å². The number of halogens is 2. The first-order chi connectivity index (χ1) is 26.2. The maximum absolute atomic E-state index is 11.1. The largest absolute Gasteiger partial charge is 0.358 e. The predicted octanol–water partition coefficient (Wildman–Crippen LogP) is 7.62. The Labute approximate surface area is 393 Å². The van der Waals surface area contributed by atoms with Gasteiger partial charge in [-0.2, -0.15) is 0 Å². The third kappa shape index (κ3) is 13.8. The molecular formula is C47H46Au2ClIO4P3-2. The first-order valence-electron chi connectivity index (χ1n) is 17.2. The van der Waals surface area contributed by atoms with Gasteiger partial charge in [0.1, 0.15) is 0 Å². The van der Waals surface area contributed by atoms with Gasteiger partial charge in [0.2, 0.25) is 0 Å². The fourth-order valence-electron chi connectivity index (χ4n) is 5.85. The van der Waals surface area contributed by atoms with Gasteiger partial charge in [-0.3, -0.25) is 0 Å². The normalized spacial score (nSPS) is 12.4. The fraction of sp³-hybridized carbons (Fsp3) is 0. The molecule has 0 aliphatic heterocycles. The second-order valence-corrected chi connectivity index (χ2v) is 31.1. The monoisotopic (exact) mass is 1320 g/mol. The Morgan fingerprint density at radius 1 is 0.414 bits per heavy atom. The van der Waals surface area contributed by atoms with Gasteiger partial charge in [0, 0.05) is 22.4 Å². The summed E-state index contributed by atoms with van der Waals surface area (Å²) in [6.45, 7) is 12.7. The van der Waals surface area contributed by atoms with Crippen LogP contribution in [0.1, 0.15) is 0 Å². The maximum atomic E-state index is 11.1. The summed E-state index contributed by atoms with van der Waals surface area (Å²) in [6, 6.07) is 70.1. The second-order valence-electron chi connectivity index (χ2n) is 12.9. The molecule has 0 heterocycles. The van der Waals surface area contributed by atoms with Crippen LogP contribution in [0.3, 0.4) is 0 Å².